The molecule has 0 saturated heterocycles. The number of aromatic nitrogens is 2. The van der Waals surface area contributed by atoms with Gasteiger partial charge in [0.1, 0.15) is 17.3 Å². The van der Waals surface area contributed by atoms with E-state index in [9.17, 15) is 4.79 Å². The van der Waals surface area contributed by atoms with Gasteiger partial charge in [0.2, 0.25) is 0 Å². The lowest BCUT2D eigenvalue weighted by atomic mass is 10.0. The molecule has 186 valence electrons. The molecule has 9 heteroatoms. The van der Waals surface area contributed by atoms with E-state index in [4.69, 9.17) is 10.5 Å². The quantitative estimate of drug-likeness (QED) is 0.318. The maximum Gasteiger partial charge on any atom is 0.272 e. The van der Waals surface area contributed by atoms with Crippen molar-refractivity contribution in [1.29, 1.82) is 0 Å². The van der Waals surface area contributed by atoms with E-state index in [0.29, 0.717) is 22.9 Å². The van der Waals surface area contributed by atoms with Crippen molar-refractivity contribution in [2.45, 2.75) is 12.5 Å². The number of hydrazone groups is 1. The summed E-state index contributed by atoms with van der Waals surface area (Å²) in [6.07, 6.45) is 4.63. The number of fused-ring (bicyclic) bond motifs is 2. The zero-order valence-electron chi connectivity index (χ0n) is 20.7. The standard InChI is InChI=1S/C28H26N6O2S/c1-33-21-7-5-4-6-17(21)12-23(33)28(35)32-20-9-8-16(13-24(20)36-3)19-15-37-26-18(14-30-27(29)25(19)26)22-10-11-31-34(22)2/h4-9,11-15,22H,10H2,1-3H3,(H2,29,30)(H,32,35). The molecule has 6 rings (SSSR count). The van der Waals surface area contributed by atoms with Gasteiger partial charge in [0.15, 0.2) is 0 Å². The third-order valence-corrected chi connectivity index (χ3v) is 8.03. The highest BCUT2D eigenvalue weighted by Crippen LogP contribution is 2.43. The Bertz CT molecular complexity index is 1700. The Kier molecular flexibility index (Phi) is 5.57. The average Bonchev–Trinajstić information content (AvgIpc) is 3.63. The number of carbonyl (C=O) groups is 1. The molecular formula is C28H26N6O2S. The van der Waals surface area contributed by atoms with Crippen LogP contribution in [0.15, 0.2) is 65.2 Å². The van der Waals surface area contributed by atoms with Gasteiger partial charge in [-0.2, -0.15) is 5.10 Å². The Morgan fingerprint density at radius 3 is 2.78 bits per heavy atom. The molecule has 4 heterocycles. The summed E-state index contributed by atoms with van der Waals surface area (Å²) in [6, 6.07) is 15.7. The fourth-order valence-electron chi connectivity index (χ4n) is 5.03. The number of methoxy groups -OCH3 is 1. The molecule has 1 unspecified atom stereocenters. The normalized spacial score (nSPS) is 15.1. The van der Waals surface area contributed by atoms with E-state index < -0.39 is 0 Å². The van der Waals surface area contributed by atoms with Crippen molar-refractivity contribution >= 4 is 56.0 Å². The van der Waals surface area contributed by atoms with Gasteiger partial charge in [0.25, 0.3) is 5.91 Å². The van der Waals surface area contributed by atoms with Gasteiger partial charge in [-0.05, 0) is 35.2 Å². The van der Waals surface area contributed by atoms with E-state index in [-0.39, 0.29) is 11.9 Å². The van der Waals surface area contributed by atoms with Crippen LogP contribution >= 0.6 is 11.3 Å². The molecule has 8 nitrogen and oxygen atoms in total. The second kappa shape index (κ2) is 8.94. The van der Waals surface area contributed by atoms with Crippen LogP contribution in [0.3, 0.4) is 0 Å². The number of ether oxygens (including phenoxy) is 1. The van der Waals surface area contributed by atoms with Gasteiger partial charge in [-0.25, -0.2) is 4.98 Å². The minimum absolute atomic E-state index is 0.142. The molecule has 5 aromatic rings. The van der Waals surface area contributed by atoms with Crippen molar-refractivity contribution in [2.24, 2.45) is 12.1 Å². The monoisotopic (exact) mass is 510 g/mol. The van der Waals surface area contributed by atoms with Gasteiger partial charge >= 0.3 is 0 Å². The summed E-state index contributed by atoms with van der Waals surface area (Å²) in [5.74, 6) is 0.853. The summed E-state index contributed by atoms with van der Waals surface area (Å²) in [7, 11) is 5.46. The predicted molar refractivity (Wildman–Crippen MR) is 151 cm³/mol. The van der Waals surface area contributed by atoms with Crippen molar-refractivity contribution in [2.75, 3.05) is 25.2 Å². The fourth-order valence-corrected chi connectivity index (χ4v) is 6.18. The third kappa shape index (κ3) is 3.79. The summed E-state index contributed by atoms with van der Waals surface area (Å²) in [5.41, 5.74) is 11.6. The molecule has 3 aromatic heterocycles. The number of rotatable bonds is 5. The van der Waals surface area contributed by atoms with Gasteiger partial charge < -0.3 is 20.4 Å². The molecule has 0 radical (unpaired) electrons. The molecule has 0 spiro atoms. The number of nitrogens with zero attached hydrogens (tertiary/aromatic N) is 4. The number of nitrogens with two attached hydrogens (primary N) is 1. The van der Waals surface area contributed by atoms with Crippen molar-refractivity contribution in [3.8, 4) is 16.9 Å². The second-order valence-electron chi connectivity index (χ2n) is 9.09. The van der Waals surface area contributed by atoms with E-state index in [1.54, 1.807) is 18.4 Å². The number of amides is 1. The van der Waals surface area contributed by atoms with Gasteiger partial charge in [0.05, 0.1) is 18.8 Å². The minimum Gasteiger partial charge on any atom is -0.495 e. The first kappa shape index (κ1) is 23.1. The number of hydrogen-bond acceptors (Lipinski definition) is 7. The number of aryl methyl sites for hydroxylation is 1. The van der Waals surface area contributed by atoms with Crippen LogP contribution in [0.1, 0.15) is 28.5 Å². The molecule has 1 atom stereocenters. The van der Waals surface area contributed by atoms with Crippen LogP contribution in [-0.4, -0.2) is 40.8 Å². The lowest BCUT2D eigenvalue weighted by Crippen LogP contribution is -2.16. The summed E-state index contributed by atoms with van der Waals surface area (Å²) >= 11 is 1.65. The number of nitrogen functional groups attached to an aromatic ring is 1. The van der Waals surface area contributed by atoms with Crippen LogP contribution in [0.5, 0.6) is 5.75 Å². The number of nitrogens with one attached hydrogen (secondary N) is 1. The van der Waals surface area contributed by atoms with E-state index in [1.165, 1.54) is 0 Å². The first-order valence-corrected chi connectivity index (χ1v) is 12.8. The number of hydrogen-bond donors (Lipinski definition) is 2. The topological polar surface area (TPSA) is 97.8 Å². The first-order chi connectivity index (χ1) is 18.0. The molecule has 37 heavy (non-hydrogen) atoms. The Morgan fingerprint density at radius 2 is 2.03 bits per heavy atom. The first-order valence-electron chi connectivity index (χ1n) is 11.9. The largest absolute Gasteiger partial charge is 0.495 e. The lowest BCUT2D eigenvalue weighted by molar-refractivity contribution is 0.101. The van der Waals surface area contributed by atoms with E-state index in [1.807, 2.05) is 84.6 Å². The Hall–Kier alpha value is -4.37. The summed E-state index contributed by atoms with van der Waals surface area (Å²) in [6.45, 7) is 0. The van der Waals surface area contributed by atoms with Crippen LogP contribution in [0, 0.1) is 0 Å². The number of para-hydroxylation sites is 1. The Morgan fingerprint density at radius 1 is 1.19 bits per heavy atom. The number of pyridine rings is 1. The van der Waals surface area contributed by atoms with E-state index in [2.05, 4.69) is 20.8 Å². The maximum absolute atomic E-state index is 13.2. The molecule has 0 aliphatic carbocycles. The molecule has 0 saturated carbocycles. The van der Waals surface area contributed by atoms with E-state index >= 15 is 0 Å². The smallest absolute Gasteiger partial charge is 0.272 e. The summed E-state index contributed by atoms with van der Waals surface area (Å²) in [4.78, 5) is 17.7. The fraction of sp³-hybridized carbons (Fsp3) is 0.179. The Balaban J connectivity index is 1.35. The van der Waals surface area contributed by atoms with Crippen molar-refractivity contribution in [3.63, 3.8) is 0 Å². The van der Waals surface area contributed by atoms with Gasteiger partial charge in [-0.1, -0.05) is 24.3 Å². The van der Waals surface area contributed by atoms with Crippen LogP contribution in [0.25, 0.3) is 32.1 Å². The second-order valence-corrected chi connectivity index (χ2v) is 9.97. The highest BCUT2D eigenvalue weighted by molar-refractivity contribution is 7.18. The van der Waals surface area contributed by atoms with Gasteiger partial charge in [0, 0.05) is 65.0 Å². The molecule has 0 fully saturated rings. The molecule has 3 N–H and O–H groups in total. The molecule has 1 amide bonds. The maximum atomic E-state index is 13.2. The zero-order valence-corrected chi connectivity index (χ0v) is 21.5. The van der Waals surface area contributed by atoms with Crippen LogP contribution < -0.4 is 15.8 Å². The number of anilines is 2. The van der Waals surface area contributed by atoms with Crippen molar-refractivity contribution in [1.82, 2.24) is 14.6 Å². The van der Waals surface area contributed by atoms with Crippen LogP contribution in [0.4, 0.5) is 11.5 Å². The third-order valence-electron chi connectivity index (χ3n) is 7.00. The SMILES string of the molecule is COc1cc(-c2csc3c(C4CC=NN4C)cnc(N)c23)ccc1NC(=O)c1cc2ccccc2n1C. The van der Waals surface area contributed by atoms with Crippen molar-refractivity contribution < 1.29 is 9.53 Å². The summed E-state index contributed by atoms with van der Waals surface area (Å²) in [5, 5.41) is 13.4. The van der Waals surface area contributed by atoms with Crippen LogP contribution in [-0.2, 0) is 7.05 Å². The molecule has 0 bridgehead atoms. The van der Waals surface area contributed by atoms with E-state index in [0.717, 1.165) is 44.1 Å². The van der Waals surface area contributed by atoms with Gasteiger partial charge in [-0.3, -0.25) is 9.80 Å². The number of benzene rings is 2. The number of carbonyl (C=O) groups excluding carboxylic acids is 1. The molecule has 1 aliphatic heterocycles. The average molecular weight is 511 g/mol. The molecule has 2 aromatic carbocycles. The van der Waals surface area contributed by atoms with Gasteiger partial charge in [-0.15, -0.1) is 11.3 Å². The highest BCUT2D eigenvalue weighted by atomic mass is 32.1. The predicted octanol–water partition coefficient (Wildman–Crippen LogP) is 5.66. The zero-order chi connectivity index (χ0) is 25.7. The minimum atomic E-state index is -0.202. The number of thiophene rings is 1. The lowest BCUT2D eigenvalue weighted by Gasteiger charge is -2.20. The highest BCUT2D eigenvalue weighted by Gasteiger charge is 2.25. The molecule has 1 aliphatic rings. The molecular weight excluding hydrogens is 484 g/mol. The Labute approximate surface area is 218 Å². The summed E-state index contributed by atoms with van der Waals surface area (Å²) < 4.78 is 8.68. The van der Waals surface area contributed by atoms with Crippen molar-refractivity contribution in [3.05, 3.63) is 71.4 Å². The van der Waals surface area contributed by atoms with Crippen LogP contribution in [0.2, 0.25) is 0 Å².